The van der Waals surface area contributed by atoms with Crippen molar-refractivity contribution in [1.29, 1.82) is 0 Å². The third kappa shape index (κ3) is 6.96. The van der Waals surface area contributed by atoms with E-state index in [9.17, 15) is 4.79 Å². The second-order valence-corrected chi connectivity index (χ2v) is 9.32. The Bertz CT molecular complexity index is 1040. The van der Waals surface area contributed by atoms with Gasteiger partial charge in [-0.2, -0.15) is 5.10 Å². The van der Waals surface area contributed by atoms with Gasteiger partial charge in [-0.05, 0) is 73.1 Å². The van der Waals surface area contributed by atoms with Crippen LogP contribution in [0.2, 0.25) is 0 Å². The Morgan fingerprint density at radius 3 is 2.21 bits per heavy atom. The van der Waals surface area contributed by atoms with Gasteiger partial charge >= 0.3 is 5.97 Å². The highest BCUT2D eigenvalue weighted by atomic mass is 16.5. The number of esters is 1. The number of nitrogens with zero attached hydrogens (tertiary/aromatic N) is 2. The second kappa shape index (κ2) is 12.4. The smallest absolute Gasteiger partial charge is 0.308 e. The molecule has 3 rings (SSSR count). The summed E-state index contributed by atoms with van der Waals surface area (Å²) in [4.78, 5) is 11.9. The summed E-state index contributed by atoms with van der Waals surface area (Å²) in [7, 11) is 1.44. The molecule has 0 aliphatic heterocycles. The van der Waals surface area contributed by atoms with Gasteiger partial charge in [0, 0.05) is 5.69 Å². The minimum Gasteiger partial charge on any atom is -0.487 e. The minimum atomic E-state index is -0.157. The molecule has 182 valence electrons. The number of carbonyl (C=O) groups excluding carboxylic acids is 1. The fraction of sp³-hybridized carbons (Fsp3) is 0.448. The van der Waals surface area contributed by atoms with Crippen LogP contribution in [0, 0.1) is 11.8 Å². The first-order valence-corrected chi connectivity index (χ1v) is 12.4. The number of methoxy groups -OCH3 is 1. The molecular weight excluding hydrogens is 424 g/mol. The van der Waals surface area contributed by atoms with Crippen LogP contribution in [0.5, 0.6) is 5.75 Å². The Morgan fingerprint density at radius 2 is 1.62 bits per heavy atom. The predicted octanol–water partition coefficient (Wildman–Crippen LogP) is 6.34. The summed E-state index contributed by atoms with van der Waals surface area (Å²) in [5, 5.41) is 4.84. The number of rotatable bonds is 12. The molecule has 1 heterocycles. The van der Waals surface area contributed by atoms with Gasteiger partial charge in [0.05, 0.1) is 18.7 Å². The van der Waals surface area contributed by atoms with E-state index in [-0.39, 0.29) is 11.9 Å². The van der Waals surface area contributed by atoms with E-state index in [0.717, 1.165) is 48.4 Å². The zero-order valence-electron chi connectivity index (χ0n) is 21.2. The van der Waals surface area contributed by atoms with Crippen LogP contribution in [-0.2, 0) is 35.4 Å². The average Bonchev–Trinajstić information content (AvgIpc) is 3.24. The van der Waals surface area contributed by atoms with Crippen LogP contribution in [0.15, 0.2) is 54.6 Å². The van der Waals surface area contributed by atoms with E-state index in [0.29, 0.717) is 18.9 Å². The SMILES string of the molecule is CCCc1cc(COc2ccc(CC(CC)C(=O)OC)cc2)nn1-c1ccc(CC(C)C)cc1. The lowest BCUT2D eigenvalue weighted by Gasteiger charge is -2.12. The molecule has 1 atom stereocenters. The molecule has 0 aliphatic carbocycles. The molecular formula is C29H38N2O3. The van der Waals surface area contributed by atoms with E-state index in [1.165, 1.54) is 18.4 Å². The molecule has 5 heteroatoms. The van der Waals surface area contributed by atoms with Gasteiger partial charge in [-0.15, -0.1) is 0 Å². The van der Waals surface area contributed by atoms with Gasteiger partial charge in [-0.3, -0.25) is 4.79 Å². The molecule has 0 amide bonds. The van der Waals surface area contributed by atoms with Crippen molar-refractivity contribution < 1.29 is 14.3 Å². The van der Waals surface area contributed by atoms with Crippen LogP contribution in [0.4, 0.5) is 0 Å². The Hall–Kier alpha value is -3.08. The molecule has 5 nitrogen and oxygen atoms in total. The van der Waals surface area contributed by atoms with Gasteiger partial charge < -0.3 is 9.47 Å². The fourth-order valence-corrected chi connectivity index (χ4v) is 4.17. The minimum absolute atomic E-state index is 0.114. The van der Waals surface area contributed by atoms with Crippen LogP contribution >= 0.6 is 0 Å². The highest BCUT2D eigenvalue weighted by Gasteiger charge is 2.17. The van der Waals surface area contributed by atoms with E-state index >= 15 is 0 Å². The summed E-state index contributed by atoms with van der Waals surface area (Å²) in [5.74, 6) is 1.16. The summed E-state index contributed by atoms with van der Waals surface area (Å²) in [6, 6.07) is 18.8. The molecule has 0 aliphatic rings. The van der Waals surface area contributed by atoms with Crippen molar-refractivity contribution in [2.24, 2.45) is 11.8 Å². The summed E-state index contributed by atoms with van der Waals surface area (Å²) >= 11 is 0. The Labute approximate surface area is 204 Å². The zero-order chi connectivity index (χ0) is 24.5. The summed E-state index contributed by atoms with van der Waals surface area (Å²) in [6.07, 6.45) is 4.54. The highest BCUT2D eigenvalue weighted by molar-refractivity contribution is 5.72. The van der Waals surface area contributed by atoms with Gasteiger partial charge in [0.2, 0.25) is 0 Å². The largest absolute Gasteiger partial charge is 0.487 e. The first-order valence-electron chi connectivity index (χ1n) is 12.4. The van der Waals surface area contributed by atoms with Gasteiger partial charge in [0.15, 0.2) is 0 Å². The number of carbonyl (C=O) groups is 1. The molecule has 34 heavy (non-hydrogen) atoms. The van der Waals surface area contributed by atoms with E-state index < -0.39 is 0 Å². The van der Waals surface area contributed by atoms with E-state index in [4.69, 9.17) is 14.6 Å². The van der Waals surface area contributed by atoms with Crippen LogP contribution in [0.25, 0.3) is 5.69 Å². The predicted molar refractivity (Wildman–Crippen MR) is 136 cm³/mol. The van der Waals surface area contributed by atoms with Crippen molar-refractivity contribution >= 4 is 5.97 Å². The Balaban J connectivity index is 1.66. The van der Waals surface area contributed by atoms with Crippen LogP contribution in [0.3, 0.4) is 0 Å². The maximum Gasteiger partial charge on any atom is 0.308 e. The molecule has 1 unspecified atom stereocenters. The molecule has 0 spiro atoms. The van der Waals surface area contributed by atoms with Gasteiger partial charge in [-0.25, -0.2) is 4.68 Å². The Morgan fingerprint density at radius 1 is 0.971 bits per heavy atom. The molecule has 2 aromatic carbocycles. The summed E-state index contributed by atoms with van der Waals surface area (Å²) in [5.41, 5.74) is 5.64. The number of aryl methyl sites for hydroxylation is 1. The van der Waals surface area contributed by atoms with Crippen molar-refractivity contribution in [2.75, 3.05) is 7.11 Å². The second-order valence-electron chi connectivity index (χ2n) is 9.32. The molecule has 0 bridgehead atoms. The topological polar surface area (TPSA) is 53.4 Å². The number of aromatic nitrogens is 2. The molecule has 0 radical (unpaired) electrons. The molecule has 0 saturated carbocycles. The normalized spacial score (nSPS) is 12.1. The third-order valence-corrected chi connectivity index (χ3v) is 5.98. The van der Waals surface area contributed by atoms with Crippen LogP contribution < -0.4 is 4.74 Å². The van der Waals surface area contributed by atoms with Gasteiger partial charge in [0.25, 0.3) is 0 Å². The lowest BCUT2D eigenvalue weighted by Crippen LogP contribution is -2.17. The first-order chi connectivity index (χ1) is 16.4. The molecule has 0 fully saturated rings. The number of benzene rings is 2. The van der Waals surface area contributed by atoms with E-state index in [2.05, 4.69) is 51.1 Å². The molecule has 3 aromatic rings. The van der Waals surface area contributed by atoms with Crippen molar-refractivity contribution in [3.63, 3.8) is 0 Å². The maximum absolute atomic E-state index is 11.9. The zero-order valence-corrected chi connectivity index (χ0v) is 21.2. The van der Waals surface area contributed by atoms with E-state index in [1.54, 1.807) is 0 Å². The molecule has 0 N–H and O–H groups in total. The monoisotopic (exact) mass is 462 g/mol. The van der Waals surface area contributed by atoms with E-state index in [1.807, 2.05) is 35.9 Å². The number of hydrogen-bond acceptors (Lipinski definition) is 4. The standard InChI is InChI=1S/C29H38N2O3/c1-6-8-27-19-25(30-31(27)26-13-9-22(10-14-26)17-21(3)4)20-34-28-15-11-23(12-16-28)18-24(7-2)29(32)33-5/h9-16,19,21,24H,6-8,17-18,20H2,1-5H3. The summed E-state index contributed by atoms with van der Waals surface area (Å²) < 4.78 is 13.0. The lowest BCUT2D eigenvalue weighted by molar-refractivity contribution is -0.145. The average molecular weight is 463 g/mol. The quantitative estimate of drug-likeness (QED) is 0.295. The highest BCUT2D eigenvalue weighted by Crippen LogP contribution is 2.20. The Kier molecular flexibility index (Phi) is 9.32. The lowest BCUT2D eigenvalue weighted by atomic mass is 9.97. The molecule has 1 aromatic heterocycles. The van der Waals surface area contributed by atoms with Crippen molar-refractivity contribution in [2.45, 2.75) is 66.4 Å². The van der Waals surface area contributed by atoms with Crippen molar-refractivity contribution in [1.82, 2.24) is 9.78 Å². The number of hydrogen-bond donors (Lipinski definition) is 0. The summed E-state index contributed by atoms with van der Waals surface area (Å²) in [6.45, 7) is 9.08. The third-order valence-electron chi connectivity index (χ3n) is 5.98. The first kappa shape index (κ1) is 25.5. The van der Waals surface area contributed by atoms with Gasteiger partial charge in [0.1, 0.15) is 18.1 Å². The van der Waals surface area contributed by atoms with Crippen molar-refractivity contribution in [3.05, 3.63) is 77.1 Å². The van der Waals surface area contributed by atoms with Gasteiger partial charge in [-0.1, -0.05) is 58.4 Å². The van der Waals surface area contributed by atoms with Crippen LogP contribution in [0.1, 0.15) is 63.1 Å². The van der Waals surface area contributed by atoms with Crippen molar-refractivity contribution in [3.8, 4) is 11.4 Å². The van der Waals surface area contributed by atoms with Crippen LogP contribution in [-0.4, -0.2) is 22.9 Å². The maximum atomic E-state index is 11.9. The number of ether oxygens (including phenoxy) is 2. The fourth-order valence-electron chi connectivity index (χ4n) is 4.17. The molecule has 0 saturated heterocycles.